The number of ether oxygens (including phenoxy) is 1. The number of nitrogens with zero attached hydrogens (tertiary/aromatic N) is 1. The first kappa shape index (κ1) is 12.5. The lowest BCUT2D eigenvalue weighted by molar-refractivity contribution is 0.213. The van der Waals surface area contributed by atoms with Gasteiger partial charge in [0.15, 0.2) is 0 Å². The third-order valence-corrected chi connectivity index (χ3v) is 4.61. The molecule has 0 aliphatic heterocycles. The Bertz CT molecular complexity index is 507. The minimum absolute atomic E-state index is 0.545. The lowest BCUT2D eigenvalue weighted by Crippen LogP contribution is -2.03. The van der Waals surface area contributed by atoms with E-state index in [-0.39, 0.29) is 0 Å². The van der Waals surface area contributed by atoms with Crippen LogP contribution in [0.3, 0.4) is 0 Å². The number of aliphatic hydroxyl groups is 1. The van der Waals surface area contributed by atoms with Crippen LogP contribution < -0.4 is 4.74 Å². The molecule has 0 bridgehead atoms. The van der Waals surface area contributed by atoms with Crippen LogP contribution in [0, 0.1) is 6.92 Å². The van der Waals surface area contributed by atoms with Crippen molar-refractivity contribution in [1.29, 1.82) is 0 Å². The van der Waals surface area contributed by atoms with Crippen molar-refractivity contribution in [3.8, 4) is 5.75 Å². The lowest BCUT2D eigenvalue weighted by atomic mass is 10.1. The van der Waals surface area contributed by atoms with Crippen molar-refractivity contribution in [3.05, 3.63) is 44.3 Å². The maximum atomic E-state index is 10.3. The van der Waals surface area contributed by atoms with Crippen LogP contribution in [-0.4, -0.2) is 17.2 Å². The van der Waals surface area contributed by atoms with E-state index in [0.29, 0.717) is 11.4 Å². The van der Waals surface area contributed by atoms with E-state index < -0.39 is 6.10 Å². The van der Waals surface area contributed by atoms with Gasteiger partial charge in [-0.05, 0) is 46.6 Å². The van der Waals surface area contributed by atoms with Gasteiger partial charge in [-0.25, -0.2) is 0 Å². The summed E-state index contributed by atoms with van der Waals surface area (Å²) in [5.41, 5.74) is 1.66. The van der Waals surface area contributed by atoms with Crippen LogP contribution in [0.5, 0.6) is 5.75 Å². The van der Waals surface area contributed by atoms with Crippen LogP contribution in [0.4, 0.5) is 0 Å². The first-order valence-electron chi connectivity index (χ1n) is 5.06. The van der Waals surface area contributed by atoms with Crippen molar-refractivity contribution in [2.45, 2.75) is 13.0 Å². The maximum absolute atomic E-state index is 10.3. The molecule has 0 aliphatic rings. The first-order chi connectivity index (χ1) is 8.13. The van der Waals surface area contributed by atoms with E-state index in [0.717, 1.165) is 14.2 Å². The van der Waals surface area contributed by atoms with Crippen molar-refractivity contribution in [2.24, 2.45) is 0 Å². The molecule has 1 N–H and O–H groups in total. The molecule has 90 valence electrons. The zero-order valence-corrected chi connectivity index (χ0v) is 11.9. The van der Waals surface area contributed by atoms with Gasteiger partial charge in [-0.2, -0.15) is 0 Å². The van der Waals surface area contributed by atoms with Gasteiger partial charge >= 0.3 is 0 Å². The second-order valence-corrected chi connectivity index (χ2v) is 6.00. The minimum Gasteiger partial charge on any atom is -0.495 e. The molecule has 2 aromatic heterocycles. The maximum Gasteiger partial charge on any atom is 0.143 e. The average molecular weight is 314 g/mol. The number of hydrogen-bond acceptors (Lipinski definition) is 4. The molecule has 1 atom stereocenters. The lowest BCUT2D eigenvalue weighted by Gasteiger charge is -2.11. The molecule has 5 heteroatoms. The number of aromatic nitrogens is 1. The molecule has 0 spiro atoms. The number of rotatable bonds is 3. The number of hydrogen-bond donors (Lipinski definition) is 1. The molecule has 0 aromatic carbocycles. The molecule has 2 rings (SSSR count). The molecule has 2 aromatic rings. The summed E-state index contributed by atoms with van der Waals surface area (Å²) in [5, 5.41) is 10.3. The summed E-state index contributed by atoms with van der Waals surface area (Å²) in [6, 6.07) is 5.53. The predicted molar refractivity (Wildman–Crippen MR) is 71.6 cm³/mol. The summed E-state index contributed by atoms with van der Waals surface area (Å²) in [7, 11) is 1.57. The fourth-order valence-electron chi connectivity index (χ4n) is 1.53. The standard InChI is InChI=1S/C12H12BrNO2S/c1-7-6-9(17-12(7)13)11(15)10-8(16-2)4-3-5-14-10/h3-6,11,15H,1-2H3. The molecule has 3 nitrogen and oxygen atoms in total. The molecule has 2 heterocycles. The van der Waals surface area contributed by atoms with Gasteiger partial charge in [-0.15, -0.1) is 11.3 Å². The predicted octanol–water partition coefficient (Wildman–Crippen LogP) is 3.30. The van der Waals surface area contributed by atoms with Gasteiger partial charge in [0.2, 0.25) is 0 Å². The Hall–Kier alpha value is -0.910. The number of aliphatic hydroxyl groups excluding tert-OH is 1. The van der Waals surface area contributed by atoms with Crippen molar-refractivity contribution in [3.63, 3.8) is 0 Å². The molecule has 0 saturated carbocycles. The Labute approximate surface area is 112 Å². The monoisotopic (exact) mass is 313 g/mol. The van der Waals surface area contributed by atoms with Gasteiger partial charge in [0.1, 0.15) is 17.5 Å². The van der Waals surface area contributed by atoms with E-state index in [1.165, 1.54) is 11.3 Å². The molecular weight excluding hydrogens is 302 g/mol. The zero-order valence-electron chi connectivity index (χ0n) is 9.48. The van der Waals surface area contributed by atoms with Gasteiger partial charge in [0, 0.05) is 11.1 Å². The summed E-state index contributed by atoms with van der Waals surface area (Å²) in [6.07, 6.45) is 0.900. The van der Waals surface area contributed by atoms with Gasteiger partial charge in [-0.1, -0.05) is 0 Å². The fraction of sp³-hybridized carbons (Fsp3) is 0.250. The first-order valence-corrected chi connectivity index (χ1v) is 6.67. The van der Waals surface area contributed by atoms with E-state index >= 15 is 0 Å². The van der Waals surface area contributed by atoms with E-state index in [4.69, 9.17) is 4.74 Å². The second kappa shape index (κ2) is 5.16. The molecule has 0 fully saturated rings. The van der Waals surface area contributed by atoms with E-state index in [9.17, 15) is 5.11 Å². The number of pyridine rings is 1. The van der Waals surface area contributed by atoms with Crippen molar-refractivity contribution >= 4 is 27.3 Å². The molecule has 17 heavy (non-hydrogen) atoms. The van der Waals surface area contributed by atoms with Gasteiger partial charge < -0.3 is 9.84 Å². The molecule has 1 unspecified atom stereocenters. The highest BCUT2D eigenvalue weighted by Crippen LogP contribution is 2.36. The third-order valence-electron chi connectivity index (χ3n) is 2.42. The highest BCUT2D eigenvalue weighted by atomic mass is 79.9. The molecule has 0 saturated heterocycles. The summed E-state index contributed by atoms with van der Waals surface area (Å²) >= 11 is 4.96. The van der Waals surface area contributed by atoms with Gasteiger partial charge in [0.25, 0.3) is 0 Å². The van der Waals surface area contributed by atoms with Gasteiger partial charge in [0.05, 0.1) is 10.9 Å². The molecule has 0 radical (unpaired) electrons. The Kier molecular flexibility index (Phi) is 3.81. The Morgan fingerprint density at radius 3 is 2.88 bits per heavy atom. The third kappa shape index (κ3) is 2.51. The summed E-state index contributed by atoms with van der Waals surface area (Å²) in [4.78, 5) is 5.03. The SMILES string of the molecule is COc1cccnc1C(O)c1cc(C)c(Br)s1. The minimum atomic E-state index is -0.749. The molecule has 0 amide bonds. The van der Waals surface area contributed by atoms with Crippen LogP contribution in [-0.2, 0) is 0 Å². The summed E-state index contributed by atoms with van der Waals surface area (Å²) in [5.74, 6) is 0.599. The van der Waals surface area contributed by atoms with Gasteiger partial charge in [-0.3, -0.25) is 4.98 Å². The Balaban J connectivity index is 2.39. The topological polar surface area (TPSA) is 42.4 Å². The number of aryl methyl sites for hydroxylation is 1. The second-order valence-electron chi connectivity index (χ2n) is 3.60. The smallest absolute Gasteiger partial charge is 0.143 e. The van der Waals surface area contributed by atoms with Crippen LogP contribution in [0.15, 0.2) is 28.2 Å². The molecular formula is C12H12BrNO2S. The highest BCUT2D eigenvalue weighted by molar-refractivity contribution is 9.11. The zero-order chi connectivity index (χ0) is 12.4. The number of methoxy groups -OCH3 is 1. The van der Waals surface area contributed by atoms with Crippen LogP contribution in [0.1, 0.15) is 22.2 Å². The fourth-order valence-corrected chi connectivity index (χ4v) is 3.09. The van der Waals surface area contributed by atoms with Crippen molar-refractivity contribution < 1.29 is 9.84 Å². The normalized spacial score (nSPS) is 12.5. The summed E-state index contributed by atoms with van der Waals surface area (Å²) < 4.78 is 6.22. The van der Waals surface area contributed by atoms with E-state index in [2.05, 4.69) is 20.9 Å². The summed E-state index contributed by atoms with van der Waals surface area (Å²) in [6.45, 7) is 1.99. The number of halogens is 1. The highest BCUT2D eigenvalue weighted by Gasteiger charge is 2.19. The van der Waals surface area contributed by atoms with Crippen molar-refractivity contribution in [1.82, 2.24) is 4.98 Å². The Morgan fingerprint density at radius 2 is 2.29 bits per heavy atom. The van der Waals surface area contributed by atoms with E-state index in [1.807, 2.05) is 13.0 Å². The van der Waals surface area contributed by atoms with E-state index in [1.54, 1.807) is 25.4 Å². The van der Waals surface area contributed by atoms with Crippen LogP contribution in [0.2, 0.25) is 0 Å². The Morgan fingerprint density at radius 1 is 1.53 bits per heavy atom. The quantitative estimate of drug-likeness (QED) is 0.945. The number of thiophene rings is 1. The molecule has 0 aliphatic carbocycles. The van der Waals surface area contributed by atoms with Crippen molar-refractivity contribution in [2.75, 3.05) is 7.11 Å². The van der Waals surface area contributed by atoms with Crippen LogP contribution in [0.25, 0.3) is 0 Å². The largest absolute Gasteiger partial charge is 0.495 e. The van der Waals surface area contributed by atoms with Crippen LogP contribution >= 0.6 is 27.3 Å². The average Bonchev–Trinajstić information content (AvgIpc) is 2.68.